The third kappa shape index (κ3) is 2.23. The smallest absolute Gasteiger partial charge is 0.140 e. The van der Waals surface area contributed by atoms with E-state index in [0.717, 1.165) is 27.8 Å². The van der Waals surface area contributed by atoms with Gasteiger partial charge in [0.15, 0.2) is 0 Å². The lowest BCUT2D eigenvalue weighted by atomic mass is 10.1. The Morgan fingerprint density at radius 1 is 0.950 bits per heavy atom. The molecule has 3 rings (SSSR count). The molecule has 3 heteroatoms. The molecule has 0 aliphatic carbocycles. The zero-order valence-corrected chi connectivity index (χ0v) is 12.0. The molecule has 1 aromatic heterocycles. The summed E-state index contributed by atoms with van der Waals surface area (Å²) in [6, 6.07) is 18.5. The van der Waals surface area contributed by atoms with Gasteiger partial charge in [0.25, 0.3) is 0 Å². The van der Waals surface area contributed by atoms with Crippen LogP contribution >= 0.6 is 11.6 Å². The summed E-state index contributed by atoms with van der Waals surface area (Å²) in [6.45, 7) is 0. The first-order valence-electron chi connectivity index (χ1n) is 6.52. The first-order chi connectivity index (χ1) is 9.81. The molecule has 2 aromatic carbocycles. The topological polar surface area (TPSA) is 16.1 Å². The summed E-state index contributed by atoms with van der Waals surface area (Å²) in [5.74, 6) is 1.42. The van der Waals surface area contributed by atoms with Gasteiger partial charge in [0.1, 0.15) is 5.82 Å². The van der Waals surface area contributed by atoms with Crippen molar-refractivity contribution in [2.45, 2.75) is 5.88 Å². The highest BCUT2D eigenvalue weighted by atomic mass is 35.5. The molecule has 20 heavy (non-hydrogen) atoms. The van der Waals surface area contributed by atoms with Crippen LogP contribution in [-0.2, 0) is 5.88 Å². The second kappa shape index (κ2) is 5.51. The van der Waals surface area contributed by atoms with Gasteiger partial charge in [-0.2, -0.15) is 0 Å². The van der Waals surface area contributed by atoms with Crippen molar-refractivity contribution < 1.29 is 0 Å². The third-order valence-electron chi connectivity index (χ3n) is 3.46. The van der Waals surface area contributed by atoms with E-state index in [1.165, 1.54) is 0 Å². The van der Waals surface area contributed by atoms with E-state index in [0.29, 0.717) is 5.88 Å². The first kappa shape index (κ1) is 12.9. The van der Waals surface area contributed by atoms with E-state index < -0.39 is 0 Å². The Labute approximate surface area is 123 Å². The maximum atomic E-state index is 6.00. The monoisotopic (exact) mass is 282 g/mol. The van der Waals surface area contributed by atoms with Crippen molar-refractivity contribution >= 4 is 33.9 Å². The van der Waals surface area contributed by atoms with Gasteiger partial charge >= 0.3 is 0 Å². The minimum atomic E-state index is 0.475. The molecule has 0 aliphatic heterocycles. The van der Waals surface area contributed by atoms with Crippen LogP contribution in [0.4, 0.5) is 11.5 Å². The molecule has 0 fully saturated rings. The summed E-state index contributed by atoms with van der Waals surface area (Å²) in [7, 11) is 2.03. The predicted molar refractivity (Wildman–Crippen MR) is 85.8 cm³/mol. The summed E-state index contributed by atoms with van der Waals surface area (Å²) in [5, 5.41) is 2.28. The van der Waals surface area contributed by atoms with Crippen molar-refractivity contribution in [3.63, 3.8) is 0 Å². The van der Waals surface area contributed by atoms with Gasteiger partial charge in [0.2, 0.25) is 0 Å². The van der Waals surface area contributed by atoms with E-state index in [9.17, 15) is 0 Å². The fourth-order valence-electron chi connectivity index (χ4n) is 2.38. The number of benzene rings is 2. The summed E-state index contributed by atoms with van der Waals surface area (Å²) in [5.41, 5.74) is 2.18. The number of nitrogens with zero attached hydrogens (tertiary/aromatic N) is 2. The zero-order valence-electron chi connectivity index (χ0n) is 11.3. The molecule has 1 heterocycles. The van der Waals surface area contributed by atoms with Gasteiger partial charge in [-0.1, -0.05) is 42.5 Å². The number of aromatic nitrogens is 1. The number of alkyl halides is 1. The average molecular weight is 283 g/mol. The van der Waals surface area contributed by atoms with Gasteiger partial charge in [-0.3, -0.25) is 0 Å². The van der Waals surface area contributed by atoms with Crippen molar-refractivity contribution in [2.75, 3.05) is 11.9 Å². The van der Waals surface area contributed by atoms with Crippen molar-refractivity contribution in [1.29, 1.82) is 0 Å². The molecule has 0 aliphatic rings. The molecular weight excluding hydrogens is 268 g/mol. The van der Waals surface area contributed by atoms with Crippen LogP contribution < -0.4 is 4.90 Å². The highest BCUT2D eigenvalue weighted by Crippen LogP contribution is 2.31. The summed E-state index contributed by atoms with van der Waals surface area (Å²) in [4.78, 5) is 6.69. The van der Waals surface area contributed by atoms with E-state index in [-0.39, 0.29) is 0 Å². The number of para-hydroxylation sites is 1. The number of hydrogen-bond acceptors (Lipinski definition) is 2. The predicted octanol–water partition coefficient (Wildman–Crippen LogP) is 4.74. The molecule has 0 spiro atoms. The minimum Gasteiger partial charge on any atom is -0.329 e. The van der Waals surface area contributed by atoms with E-state index in [2.05, 4.69) is 34.1 Å². The fraction of sp³-hybridized carbons (Fsp3) is 0.118. The molecule has 0 amide bonds. The van der Waals surface area contributed by atoms with Crippen LogP contribution in [0.15, 0.2) is 60.8 Å². The lowest BCUT2D eigenvalue weighted by Crippen LogP contribution is -2.11. The molecule has 2 nitrogen and oxygen atoms in total. The molecular formula is C17H15ClN2. The minimum absolute atomic E-state index is 0.475. The van der Waals surface area contributed by atoms with E-state index in [4.69, 9.17) is 11.6 Å². The molecule has 0 saturated carbocycles. The maximum Gasteiger partial charge on any atom is 0.140 e. The molecule has 0 N–H and O–H groups in total. The Morgan fingerprint density at radius 2 is 1.60 bits per heavy atom. The standard InChI is InChI=1S/C17H15ClN2/c1-20(14-7-3-2-4-8-14)17-16-10-6-5-9-15(16)13(11-18)12-19-17/h2-10,12H,11H2,1H3. The number of rotatable bonds is 3. The van der Waals surface area contributed by atoms with E-state index >= 15 is 0 Å². The van der Waals surface area contributed by atoms with Crippen LogP contribution in [0.5, 0.6) is 0 Å². The van der Waals surface area contributed by atoms with Gasteiger partial charge in [0.05, 0.1) is 0 Å². The molecule has 100 valence electrons. The van der Waals surface area contributed by atoms with Crippen molar-refractivity contribution in [2.24, 2.45) is 0 Å². The van der Waals surface area contributed by atoms with Gasteiger partial charge in [0, 0.05) is 30.2 Å². The molecule has 0 atom stereocenters. The van der Waals surface area contributed by atoms with Crippen molar-refractivity contribution in [1.82, 2.24) is 4.98 Å². The molecule has 0 saturated heterocycles. The van der Waals surface area contributed by atoms with E-state index in [1.54, 1.807) is 0 Å². The van der Waals surface area contributed by atoms with Gasteiger partial charge in [-0.25, -0.2) is 4.98 Å². The van der Waals surface area contributed by atoms with Crippen LogP contribution in [0, 0.1) is 0 Å². The van der Waals surface area contributed by atoms with Gasteiger partial charge in [-0.15, -0.1) is 11.6 Å². The van der Waals surface area contributed by atoms with Gasteiger partial charge < -0.3 is 4.90 Å². The highest BCUT2D eigenvalue weighted by Gasteiger charge is 2.11. The number of halogens is 1. The van der Waals surface area contributed by atoms with Crippen LogP contribution in [0.1, 0.15) is 5.56 Å². The highest BCUT2D eigenvalue weighted by molar-refractivity contribution is 6.18. The Hall–Kier alpha value is -2.06. The SMILES string of the molecule is CN(c1ccccc1)c1ncc(CCl)c2ccccc12. The second-order valence-electron chi connectivity index (χ2n) is 4.68. The van der Waals surface area contributed by atoms with Crippen LogP contribution in [0.25, 0.3) is 10.8 Å². The Balaban J connectivity index is 2.18. The maximum absolute atomic E-state index is 6.00. The van der Waals surface area contributed by atoms with Crippen LogP contribution in [0.3, 0.4) is 0 Å². The normalized spacial score (nSPS) is 10.7. The summed E-state index contributed by atoms with van der Waals surface area (Å²) in [6.07, 6.45) is 1.87. The summed E-state index contributed by atoms with van der Waals surface area (Å²) >= 11 is 6.00. The molecule has 0 unspecified atom stereocenters. The van der Waals surface area contributed by atoms with Crippen LogP contribution in [-0.4, -0.2) is 12.0 Å². The van der Waals surface area contributed by atoms with Gasteiger partial charge in [-0.05, 0) is 23.1 Å². The number of fused-ring (bicyclic) bond motifs is 1. The first-order valence-corrected chi connectivity index (χ1v) is 7.06. The second-order valence-corrected chi connectivity index (χ2v) is 4.95. The number of anilines is 2. The number of hydrogen-bond donors (Lipinski definition) is 0. The van der Waals surface area contributed by atoms with Crippen molar-refractivity contribution in [3.05, 3.63) is 66.4 Å². The summed E-state index contributed by atoms with van der Waals surface area (Å²) < 4.78 is 0. The fourth-order valence-corrected chi connectivity index (χ4v) is 2.60. The Kier molecular flexibility index (Phi) is 3.57. The lowest BCUT2D eigenvalue weighted by molar-refractivity contribution is 1.13. The largest absolute Gasteiger partial charge is 0.329 e. The van der Waals surface area contributed by atoms with Crippen molar-refractivity contribution in [3.8, 4) is 0 Å². The molecule has 3 aromatic rings. The third-order valence-corrected chi connectivity index (χ3v) is 3.75. The van der Waals surface area contributed by atoms with E-state index in [1.807, 2.05) is 43.6 Å². The number of pyridine rings is 1. The quantitative estimate of drug-likeness (QED) is 0.645. The molecule has 0 radical (unpaired) electrons. The zero-order chi connectivity index (χ0) is 13.9. The Bertz CT molecular complexity index is 725. The Morgan fingerprint density at radius 3 is 2.30 bits per heavy atom. The van der Waals surface area contributed by atoms with Crippen LogP contribution in [0.2, 0.25) is 0 Å². The molecule has 0 bridgehead atoms. The lowest BCUT2D eigenvalue weighted by Gasteiger charge is -2.20. The average Bonchev–Trinajstić information content (AvgIpc) is 2.54.